The van der Waals surface area contributed by atoms with Gasteiger partial charge in [-0.3, -0.25) is 4.68 Å². The third-order valence-electron chi connectivity index (χ3n) is 3.74. The molecule has 0 saturated heterocycles. The topological polar surface area (TPSA) is 41.3 Å². The number of hydrogen-bond donors (Lipinski definition) is 1. The molecule has 1 N–H and O–H groups in total. The van der Waals surface area contributed by atoms with Crippen molar-refractivity contribution in [3.05, 3.63) is 46.1 Å². The molecule has 0 saturated carbocycles. The van der Waals surface area contributed by atoms with E-state index in [0.717, 1.165) is 27.7 Å². The monoisotopic (exact) mass is 293 g/mol. The molecule has 5 heteroatoms. The SMILES string of the molecule is Cc1nn(C)c(N(C)C(C)c2ccccc2Cl)c1CO. The Bertz CT molecular complexity index is 609. The highest BCUT2D eigenvalue weighted by molar-refractivity contribution is 6.31. The maximum atomic E-state index is 9.56. The van der Waals surface area contributed by atoms with Crippen molar-refractivity contribution in [3.63, 3.8) is 0 Å². The van der Waals surface area contributed by atoms with Crippen LogP contribution in [-0.4, -0.2) is 21.9 Å². The molecule has 1 heterocycles. The first-order valence-electron chi connectivity index (χ1n) is 6.58. The fourth-order valence-corrected chi connectivity index (χ4v) is 2.82. The summed E-state index contributed by atoms with van der Waals surface area (Å²) in [5.74, 6) is 0.914. The summed E-state index contributed by atoms with van der Waals surface area (Å²) in [6.45, 7) is 3.97. The summed E-state index contributed by atoms with van der Waals surface area (Å²) in [7, 11) is 3.88. The lowest BCUT2D eigenvalue weighted by molar-refractivity contribution is 0.281. The van der Waals surface area contributed by atoms with Crippen molar-refractivity contribution in [1.29, 1.82) is 0 Å². The van der Waals surface area contributed by atoms with Crippen LogP contribution in [-0.2, 0) is 13.7 Å². The van der Waals surface area contributed by atoms with E-state index in [2.05, 4.69) is 16.9 Å². The van der Waals surface area contributed by atoms with Crippen molar-refractivity contribution >= 4 is 17.4 Å². The second-order valence-corrected chi connectivity index (χ2v) is 5.38. The number of halogens is 1. The number of rotatable bonds is 4. The van der Waals surface area contributed by atoms with Crippen molar-refractivity contribution < 1.29 is 5.11 Å². The van der Waals surface area contributed by atoms with Crippen LogP contribution in [0.5, 0.6) is 0 Å². The van der Waals surface area contributed by atoms with Gasteiger partial charge in [0.2, 0.25) is 0 Å². The molecule has 0 aliphatic rings. The van der Waals surface area contributed by atoms with Gasteiger partial charge < -0.3 is 10.0 Å². The standard InChI is InChI=1S/C15H20ClN3O/c1-10-13(9-20)15(19(4)17-10)18(3)11(2)12-7-5-6-8-14(12)16/h5-8,11,20H,9H2,1-4H3. The lowest BCUT2D eigenvalue weighted by Crippen LogP contribution is -2.25. The van der Waals surface area contributed by atoms with Crippen LogP contribution in [0.2, 0.25) is 5.02 Å². The molecule has 2 rings (SSSR count). The van der Waals surface area contributed by atoms with E-state index in [4.69, 9.17) is 11.6 Å². The van der Waals surface area contributed by atoms with Gasteiger partial charge >= 0.3 is 0 Å². The summed E-state index contributed by atoms with van der Waals surface area (Å²) in [6, 6.07) is 7.90. The molecule has 1 atom stereocenters. The third kappa shape index (κ3) is 2.53. The van der Waals surface area contributed by atoms with Gasteiger partial charge in [0.15, 0.2) is 0 Å². The highest BCUT2D eigenvalue weighted by atomic mass is 35.5. The Hall–Kier alpha value is -1.52. The van der Waals surface area contributed by atoms with Crippen molar-refractivity contribution in [1.82, 2.24) is 9.78 Å². The maximum absolute atomic E-state index is 9.56. The van der Waals surface area contributed by atoms with Crippen LogP contribution in [0, 0.1) is 6.92 Å². The van der Waals surface area contributed by atoms with Gasteiger partial charge in [-0.05, 0) is 25.5 Å². The fourth-order valence-electron chi connectivity index (χ4n) is 2.52. The molecule has 0 spiro atoms. The van der Waals surface area contributed by atoms with Gasteiger partial charge in [-0.2, -0.15) is 5.10 Å². The van der Waals surface area contributed by atoms with Crippen LogP contribution in [0.15, 0.2) is 24.3 Å². The number of benzene rings is 1. The number of anilines is 1. The highest BCUT2D eigenvalue weighted by Gasteiger charge is 2.22. The van der Waals surface area contributed by atoms with E-state index in [1.54, 1.807) is 4.68 Å². The minimum atomic E-state index is -0.0193. The first kappa shape index (κ1) is 14.9. The molecule has 0 amide bonds. The van der Waals surface area contributed by atoms with Gasteiger partial charge in [0.05, 0.1) is 18.3 Å². The number of nitrogens with zero attached hydrogens (tertiary/aromatic N) is 3. The quantitative estimate of drug-likeness (QED) is 0.942. The molecule has 108 valence electrons. The first-order chi connectivity index (χ1) is 9.47. The number of aliphatic hydroxyl groups is 1. The van der Waals surface area contributed by atoms with Gasteiger partial charge in [-0.15, -0.1) is 0 Å². The second kappa shape index (κ2) is 5.85. The fraction of sp³-hybridized carbons (Fsp3) is 0.400. The van der Waals surface area contributed by atoms with Gasteiger partial charge in [-0.25, -0.2) is 0 Å². The normalized spacial score (nSPS) is 12.5. The van der Waals surface area contributed by atoms with Gasteiger partial charge in [-0.1, -0.05) is 29.8 Å². The lowest BCUT2D eigenvalue weighted by Gasteiger charge is -2.28. The van der Waals surface area contributed by atoms with Crippen molar-refractivity contribution in [2.24, 2.45) is 7.05 Å². The highest BCUT2D eigenvalue weighted by Crippen LogP contribution is 2.32. The Morgan fingerprint density at radius 3 is 2.65 bits per heavy atom. The zero-order chi connectivity index (χ0) is 14.9. The van der Waals surface area contributed by atoms with E-state index in [1.165, 1.54) is 0 Å². The lowest BCUT2D eigenvalue weighted by atomic mass is 10.1. The van der Waals surface area contributed by atoms with Crippen molar-refractivity contribution in [2.75, 3.05) is 11.9 Å². The molecule has 0 bridgehead atoms. The molecule has 0 radical (unpaired) electrons. The van der Waals surface area contributed by atoms with Crippen molar-refractivity contribution in [2.45, 2.75) is 26.5 Å². The van der Waals surface area contributed by atoms with Gasteiger partial charge in [0.1, 0.15) is 5.82 Å². The molecule has 4 nitrogen and oxygen atoms in total. The summed E-state index contributed by atoms with van der Waals surface area (Å²) in [6.07, 6.45) is 0. The Kier molecular flexibility index (Phi) is 4.35. The molecule has 0 fully saturated rings. The minimum absolute atomic E-state index is 0.0193. The van der Waals surface area contributed by atoms with E-state index < -0.39 is 0 Å². The number of aliphatic hydroxyl groups excluding tert-OH is 1. The Labute approximate surface area is 124 Å². The largest absolute Gasteiger partial charge is 0.391 e. The molecule has 0 aliphatic carbocycles. The van der Waals surface area contributed by atoms with Crippen LogP contribution in [0.1, 0.15) is 29.8 Å². The molecular formula is C15H20ClN3O. The van der Waals surface area contributed by atoms with E-state index in [1.807, 2.05) is 45.3 Å². The van der Waals surface area contributed by atoms with E-state index >= 15 is 0 Å². The Morgan fingerprint density at radius 1 is 1.40 bits per heavy atom. The van der Waals surface area contributed by atoms with Crippen LogP contribution in [0.3, 0.4) is 0 Å². The predicted octanol–water partition coefficient (Wildman–Crippen LogP) is 3.07. The molecule has 0 aliphatic heterocycles. The maximum Gasteiger partial charge on any atom is 0.132 e. The summed E-state index contributed by atoms with van der Waals surface area (Å²) >= 11 is 6.27. The van der Waals surface area contributed by atoms with E-state index in [0.29, 0.717) is 0 Å². The Balaban J connectivity index is 2.41. The summed E-state index contributed by atoms with van der Waals surface area (Å²) < 4.78 is 1.80. The molecule has 1 unspecified atom stereocenters. The molecule has 20 heavy (non-hydrogen) atoms. The van der Waals surface area contributed by atoms with Gasteiger partial charge in [0, 0.05) is 24.7 Å². The van der Waals surface area contributed by atoms with Crippen LogP contribution in [0.4, 0.5) is 5.82 Å². The zero-order valence-electron chi connectivity index (χ0n) is 12.3. The van der Waals surface area contributed by atoms with Gasteiger partial charge in [0.25, 0.3) is 0 Å². The molecule has 1 aromatic heterocycles. The molecule has 2 aromatic rings. The predicted molar refractivity (Wildman–Crippen MR) is 82.1 cm³/mol. The van der Waals surface area contributed by atoms with E-state index in [9.17, 15) is 5.11 Å². The molecule has 1 aromatic carbocycles. The second-order valence-electron chi connectivity index (χ2n) is 4.98. The average Bonchev–Trinajstić information content (AvgIpc) is 2.71. The zero-order valence-corrected chi connectivity index (χ0v) is 13.0. The summed E-state index contributed by atoms with van der Waals surface area (Å²) in [5.41, 5.74) is 2.76. The van der Waals surface area contributed by atoms with Crippen LogP contribution in [0.25, 0.3) is 0 Å². The number of aromatic nitrogens is 2. The third-order valence-corrected chi connectivity index (χ3v) is 4.09. The smallest absolute Gasteiger partial charge is 0.132 e. The Morgan fingerprint density at radius 2 is 2.05 bits per heavy atom. The van der Waals surface area contributed by atoms with Crippen LogP contribution < -0.4 is 4.90 Å². The summed E-state index contributed by atoms with van der Waals surface area (Å²) in [4.78, 5) is 2.09. The number of hydrogen-bond acceptors (Lipinski definition) is 3. The van der Waals surface area contributed by atoms with E-state index in [-0.39, 0.29) is 12.6 Å². The summed E-state index contributed by atoms with van der Waals surface area (Å²) in [5, 5.41) is 14.7. The molecular weight excluding hydrogens is 274 g/mol. The minimum Gasteiger partial charge on any atom is -0.391 e. The first-order valence-corrected chi connectivity index (χ1v) is 6.95. The van der Waals surface area contributed by atoms with Crippen molar-refractivity contribution in [3.8, 4) is 0 Å². The number of aryl methyl sites for hydroxylation is 2. The van der Waals surface area contributed by atoms with Crippen LogP contribution >= 0.6 is 11.6 Å². The average molecular weight is 294 g/mol.